The number of hydrogen-bond donors (Lipinski definition) is 2. The molecule has 0 aromatic rings. The van der Waals surface area contributed by atoms with Gasteiger partial charge in [0.1, 0.15) is 6.10 Å². The number of carbonyl (C=O) groups excluding carboxylic acids is 3. The van der Waals surface area contributed by atoms with E-state index in [1.54, 1.807) is 6.08 Å². The zero-order valence-corrected chi connectivity index (χ0v) is 30.7. The number of unbranched alkanes of at least 4 members (excludes halogenated alkanes) is 4. The summed E-state index contributed by atoms with van der Waals surface area (Å²) >= 11 is 0. The van der Waals surface area contributed by atoms with Gasteiger partial charge >= 0.3 is 0 Å². The van der Waals surface area contributed by atoms with Crippen molar-refractivity contribution in [1.82, 2.24) is 0 Å². The van der Waals surface area contributed by atoms with Gasteiger partial charge < -0.3 is 14.6 Å². The standard InChI is InChI=1S/C20H36O2Si.2C9H12O2/c1-8-9-10-11-12-13-16(2)19-17(21)14-15-18(19)22-23(6,7)20(3,4)5;2*1-3-6(2)9-7(10)4-5-8(9)11/h14-15,18H,8-13H2,1-7H3;4-5,7,10H,3H2,1-2H3;4-5,7,9-10H,2-3H2,1H3/b;9-6-;. The first-order valence-electron chi connectivity index (χ1n) is 16.7. The van der Waals surface area contributed by atoms with Crippen molar-refractivity contribution in [2.45, 2.75) is 143 Å². The summed E-state index contributed by atoms with van der Waals surface area (Å²) < 4.78 is 6.49. The Morgan fingerprint density at radius 2 is 1.40 bits per heavy atom. The molecule has 0 fully saturated rings. The average molecular weight is 641 g/mol. The second kappa shape index (κ2) is 18.6. The number of aliphatic hydroxyl groups is 2. The maximum atomic E-state index is 12.3. The van der Waals surface area contributed by atoms with Gasteiger partial charge in [0, 0.05) is 11.1 Å². The van der Waals surface area contributed by atoms with Crippen molar-refractivity contribution >= 4 is 25.7 Å². The maximum absolute atomic E-state index is 12.3. The second-order valence-electron chi connectivity index (χ2n) is 13.8. The third-order valence-corrected chi connectivity index (χ3v) is 13.8. The summed E-state index contributed by atoms with van der Waals surface area (Å²) in [5.74, 6) is -0.291. The summed E-state index contributed by atoms with van der Waals surface area (Å²) in [5, 5.41) is 18.7. The highest BCUT2D eigenvalue weighted by molar-refractivity contribution is 6.74. The monoisotopic (exact) mass is 640 g/mol. The van der Waals surface area contributed by atoms with Crippen LogP contribution in [0.15, 0.2) is 70.9 Å². The fourth-order valence-corrected chi connectivity index (χ4v) is 6.26. The molecule has 0 radical (unpaired) electrons. The molecular formula is C38H60O6Si. The van der Waals surface area contributed by atoms with Gasteiger partial charge in [-0.15, -0.1) is 0 Å². The summed E-state index contributed by atoms with van der Waals surface area (Å²) in [4.78, 5) is 34.4. The Kier molecular flexibility index (Phi) is 16.8. The summed E-state index contributed by atoms with van der Waals surface area (Å²) in [5.41, 5.74) is 4.48. The molecule has 0 saturated carbocycles. The lowest BCUT2D eigenvalue weighted by Crippen LogP contribution is -2.43. The lowest BCUT2D eigenvalue weighted by molar-refractivity contribution is -0.118. The lowest BCUT2D eigenvalue weighted by Gasteiger charge is -2.38. The fourth-order valence-electron chi connectivity index (χ4n) is 5.08. The van der Waals surface area contributed by atoms with E-state index in [1.807, 2.05) is 26.8 Å². The Bertz CT molecular complexity index is 1210. The number of ketones is 3. The van der Waals surface area contributed by atoms with Gasteiger partial charge in [-0.1, -0.05) is 96.6 Å². The van der Waals surface area contributed by atoms with Gasteiger partial charge in [0.25, 0.3) is 0 Å². The smallest absolute Gasteiger partial charge is 0.193 e. The van der Waals surface area contributed by atoms with Gasteiger partial charge in [-0.25, -0.2) is 0 Å². The van der Waals surface area contributed by atoms with Crippen LogP contribution < -0.4 is 0 Å². The maximum Gasteiger partial charge on any atom is 0.193 e. The van der Waals surface area contributed by atoms with Crippen molar-refractivity contribution < 1.29 is 29.0 Å². The highest BCUT2D eigenvalue weighted by Gasteiger charge is 2.41. The highest BCUT2D eigenvalue weighted by atomic mass is 28.4. The topological polar surface area (TPSA) is 101 Å². The molecule has 6 nitrogen and oxygen atoms in total. The molecule has 4 atom stereocenters. The van der Waals surface area contributed by atoms with Gasteiger partial charge in [-0.2, -0.15) is 0 Å². The molecule has 3 aliphatic carbocycles. The third-order valence-electron chi connectivity index (χ3n) is 9.30. The molecule has 3 rings (SSSR count). The van der Waals surface area contributed by atoms with Crippen molar-refractivity contribution in [3.8, 4) is 0 Å². The Morgan fingerprint density at radius 3 is 1.87 bits per heavy atom. The van der Waals surface area contributed by atoms with Gasteiger partial charge in [0.15, 0.2) is 25.7 Å². The van der Waals surface area contributed by atoms with Crippen LogP contribution in [0.3, 0.4) is 0 Å². The Balaban J connectivity index is 0.000000381. The highest BCUT2D eigenvalue weighted by Crippen LogP contribution is 2.39. The van der Waals surface area contributed by atoms with Crippen LogP contribution in [0.1, 0.15) is 107 Å². The summed E-state index contributed by atoms with van der Waals surface area (Å²) in [6.07, 6.45) is 17.0. The van der Waals surface area contributed by atoms with Crippen LogP contribution in [0.5, 0.6) is 0 Å². The molecule has 45 heavy (non-hydrogen) atoms. The zero-order chi connectivity index (χ0) is 34.5. The number of rotatable bonds is 11. The molecule has 0 heterocycles. The Morgan fingerprint density at radius 1 is 0.822 bits per heavy atom. The number of allylic oxidation sites excluding steroid dienone is 5. The van der Waals surface area contributed by atoms with E-state index < -0.39 is 20.5 Å². The first-order chi connectivity index (χ1) is 20.9. The van der Waals surface area contributed by atoms with E-state index in [0.29, 0.717) is 5.57 Å². The first-order valence-corrected chi connectivity index (χ1v) is 19.6. The summed E-state index contributed by atoms with van der Waals surface area (Å²) in [6.45, 7) is 25.1. The second-order valence-corrected chi connectivity index (χ2v) is 18.6. The van der Waals surface area contributed by atoms with E-state index >= 15 is 0 Å². The van der Waals surface area contributed by atoms with Crippen LogP contribution in [0.4, 0.5) is 0 Å². The van der Waals surface area contributed by atoms with Crippen molar-refractivity contribution in [2.75, 3.05) is 0 Å². The predicted molar refractivity (Wildman–Crippen MR) is 189 cm³/mol. The Labute approximate surface area is 274 Å². The SMILES string of the molecule is C=C(CC)C1C(=O)C=CC1O.CC/C(C)=C1\C(=O)C=CC1O.CCCCCCCC(C)=C1C(=O)C=CC1O[Si](C)(C)C(C)(C)C. The van der Waals surface area contributed by atoms with Crippen LogP contribution in [-0.2, 0) is 18.8 Å². The summed E-state index contributed by atoms with van der Waals surface area (Å²) in [6, 6.07) is 0. The van der Waals surface area contributed by atoms with Gasteiger partial charge in [0.2, 0.25) is 0 Å². The van der Waals surface area contributed by atoms with E-state index in [1.165, 1.54) is 62.0 Å². The fraction of sp³-hybridized carbons (Fsp3) is 0.605. The minimum atomic E-state index is -1.87. The van der Waals surface area contributed by atoms with E-state index in [9.17, 15) is 24.6 Å². The third kappa shape index (κ3) is 12.0. The minimum Gasteiger partial charge on any atom is -0.406 e. The molecule has 7 heteroatoms. The van der Waals surface area contributed by atoms with Gasteiger partial charge in [-0.3, -0.25) is 14.4 Å². The first kappa shape index (κ1) is 40.6. The molecule has 0 aromatic carbocycles. The van der Waals surface area contributed by atoms with Crippen molar-refractivity contribution in [1.29, 1.82) is 0 Å². The molecule has 4 unspecified atom stereocenters. The Hall–Kier alpha value is -2.45. The van der Waals surface area contributed by atoms with Crippen LogP contribution >= 0.6 is 0 Å². The molecule has 0 saturated heterocycles. The number of hydrogen-bond acceptors (Lipinski definition) is 6. The largest absolute Gasteiger partial charge is 0.406 e. The quantitative estimate of drug-likeness (QED) is 0.102. The molecule has 252 valence electrons. The van der Waals surface area contributed by atoms with Crippen LogP contribution in [-0.4, -0.2) is 54.2 Å². The zero-order valence-electron chi connectivity index (χ0n) is 29.7. The van der Waals surface area contributed by atoms with Crippen molar-refractivity contribution in [3.05, 3.63) is 70.9 Å². The molecule has 0 aromatic heterocycles. The van der Waals surface area contributed by atoms with E-state index in [0.717, 1.165) is 36.0 Å². The molecule has 0 spiro atoms. The van der Waals surface area contributed by atoms with E-state index in [2.05, 4.69) is 54.3 Å². The average Bonchev–Trinajstić information content (AvgIpc) is 3.62. The van der Waals surface area contributed by atoms with Crippen LogP contribution in [0.2, 0.25) is 18.1 Å². The summed E-state index contributed by atoms with van der Waals surface area (Å²) in [7, 11) is -1.87. The van der Waals surface area contributed by atoms with Crippen LogP contribution in [0, 0.1) is 5.92 Å². The molecule has 3 aliphatic rings. The van der Waals surface area contributed by atoms with E-state index in [-0.39, 0.29) is 34.4 Å². The van der Waals surface area contributed by atoms with Gasteiger partial charge in [-0.05, 0) is 88.0 Å². The van der Waals surface area contributed by atoms with Crippen LogP contribution in [0.25, 0.3) is 0 Å². The number of aliphatic hydroxyl groups excluding tert-OH is 2. The molecular weight excluding hydrogens is 580 g/mol. The minimum absolute atomic E-state index is 0.0237. The molecule has 0 aliphatic heterocycles. The normalized spacial score (nSPS) is 24.8. The molecule has 2 N–H and O–H groups in total. The van der Waals surface area contributed by atoms with Gasteiger partial charge in [0.05, 0.1) is 18.1 Å². The lowest BCUT2D eigenvalue weighted by atomic mass is 9.93. The predicted octanol–water partition coefficient (Wildman–Crippen LogP) is 8.47. The van der Waals surface area contributed by atoms with Crippen molar-refractivity contribution in [3.63, 3.8) is 0 Å². The molecule has 0 bridgehead atoms. The van der Waals surface area contributed by atoms with E-state index in [4.69, 9.17) is 4.43 Å². The van der Waals surface area contributed by atoms with Crippen molar-refractivity contribution in [2.24, 2.45) is 5.92 Å². The molecule has 0 amide bonds. The number of carbonyl (C=O) groups is 3.